The molecule has 1 N–H and O–H groups in total. The van der Waals surface area contributed by atoms with Gasteiger partial charge in [0.05, 0.1) is 18.2 Å². The second-order valence-electron chi connectivity index (χ2n) is 5.59. The van der Waals surface area contributed by atoms with Crippen molar-refractivity contribution in [3.05, 3.63) is 70.3 Å². The van der Waals surface area contributed by atoms with Crippen molar-refractivity contribution in [1.29, 1.82) is 0 Å². The fourth-order valence-electron chi connectivity index (χ4n) is 2.17. The smallest absolute Gasteiger partial charge is 0.341 e. The zero-order valence-corrected chi connectivity index (χ0v) is 14.9. The first-order valence-corrected chi connectivity index (χ1v) is 7.91. The van der Waals surface area contributed by atoms with Gasteiger partial charge in [-0.25, -0.2) is 35.9 Å². The molecular formula is C18H11F6NO5. The number of carbonyl (C=O) groups is 3. The Balaban J connectivity index is 2.16. The fourth-order valence-corrected chi connectivity index (χ4v) is 2.17. The summed E-state index contributed by atoms with van der Waals surface area (Å²) in [5, 5.41) is 1.87. The third-order valence-electron chi connectivity index (χ3n) is 3.71. The van der Waals surface area contributed by atoms with E-state index >= 15 is 0 Å². The van der Waals surface area contributed by atoms with Gasteiger partial charge in [0.2, 0.25) is 0 Å². The Morgan fingerprint density at radius 3 is 1.87 bits per heavy atom. The minimum absolute atomic E-state index is 0.459. The molecule has 0 radical (unpaired) electrons. The first-order valence-electron chi connectivity index (χ1n) is 7.91. The van der Waals surface area contributed by atoms with Gasteiger partial charge in [-0.2, -0.15) is 0 Å². The Morgan fingerprint density at radius 2 is 1.33 bits per heavy atom. The van der Waals surface area contributed by atoms with Crippen LogP contribution in [-0.2, 0) is 14.3 Å². The summed E-state index contributed by atoms with van der Waals surface area (Å²) in [4.78, 5) is 35.7. The number of hydrogen-bond acceptors (Lipinski definition) is 5. The highest BCUT2D eigenvalue weighted by molar-refractivity contribution is 5.97. The van der Waals surface area contributed by atoms with Crippen molar-refractivity contribution in [3.63, 3.8) is 0 Å². The third-order valence-corrected chi connectivity index (χ3v) is 3.71. The molecule has 0 heterocycles. The minimum Gasteiger partial charge on any atom is -0.467 e. The maximum absolute atomic E-state index is 13.7. The molecule has 12 heteroatoms. The van der Waals surface area contributed by atoms with Crippen LogP contribution in [0, 0.1) is 34.9 Å². The Kier molecular flexibility index (Phi) is 7.03. The summed E-state index contributed by atoms with van der Waals surface area (Å²) in [6.07, 6.45) is 0. The highest BCUT2D eigenvalue weighted by Gasteiger charge is 2.28. The zero-order chi connectivity index (χ0) is 22.6. The lowest BCUT2D eigenvalue weighted by molar-refractivity contribution is -0.143. The molecule has 160 valence electrons. The SMILES string of the molecule is COC(=O)[C@H](COC(=O)c1ccc(F)c(F)c1F)NC(=O)c1ccc(F)c(F)c1F. The van der Waals surface area contributed by atoms with E-state index in [0.29, 0.717) is 24.3 Å². The van der Waals surface area contributed by atoms with Crippen molar-refractivity contribution in [2.45, 2.75) is 6.04 Å². The molecule has 0 saturated heterocycles. The first-order chi connectivity index (χ1) is 14.1. The van der Waals surface area contributed by atoms with Gasteiger partial charge in [0.15, 0.2) is 40.9 Å². The molecule has 0 unspecified atom stereocenters. The number of nitrogens with one attached hydrogen (secondary N) is 1. The minimum atomic E-state index is -1.93. The molecule has 1 atom stereocenters. The van der Waals surface area contributed by atoms with Crippen molar-refractivity contribution in [3.8, 4) is 0 Å². The van der Waals surface area contributed by atoms with E-state index in [-0.39, 0.29) is 0 Å². The summed E-state index contributed by atoms with van der Waals surface area (Å²) in [6, 6.07) is 0.318. The average molecular weight is 435 g/mol. The number of methoxy groups -OCH3 is 1. The largest absolute Gasteiger partial charge is 0.467 e. The number of amides is 1. The standard InChI is InChI=1S/C18H11F6NO5/c1-29-18(28)11(25-16(26)7-2-4-9(19)14(23)12(7)21)6-30-17(27)8-3-5-10(20)15(24)13(8)22/h2-5,11H,6H2,1H3,(H,25,26)/t11-/m0/s1. The second-order valence-corrected chi connectivity index (χ2v) is 5.59. The summed E-state index contributed by atoms with van der Waals surface area (Å²) < 4.78 is 88.7. The lowest BCUT2D eigenvalue weighted by Gasteiger charge is -2.17. The Hall–Kier alpha value is -3.57. The van der Waals surface area contributed by atoms with Crippen LogP contribution in [0.15, 0.2) is 24.3 Å². The van der Waals surface area contributed by atoms with Crippen LogP contribution in [-0.4, -0.2) is 37.6 Å². The Bertz CT molecular complexity index is 1010. The van der Waals surface area contributed by atoms with Gasteiger partial charge in [0.1, 0.15) is 6.61 Å². The van der Waals surface area contributed by atoms with Crippen LogP contribution in [0.5, 0.6) is 0 Å². The number of rotatable bonds is 6. The van der Waals surface area contributed by atoms with Crippen LogP contribution in [0.4, 0.5) is 26.3 Å². The lowest BCUT2D eigenvalue weighted by atomic mass is 10.1. The van der Waals surface area contributed by atoms with Gasteiger partial charge in [-0.15, -0.1) is 0 Å². The van der Waals surface area contributed by atoms with Crippen LogP contribution in [0.1, 0.15) is 20.7 Å². The monoisotopic (exact) mass is 435 g/mol. The van der Waals surface area contributed by atoms with Crippen LogP contribution in [0.3, 0.4) is 0 Å². The van der Waals surface area contributed by atoms with Gasteiger partial charge in [0.25, 0.3) is 5.91 Å². The van der Waals surface area contributed by atoms with E-state index in [9.17, 15) is 40.7 Å². The molecule has 0 bridgehead atoms. The van der Waals surface area contributed by atoms with Crippen molar-refractivity contribution in [1.82, 2.24) is 5.32 Å². The third kappa shape index (κ3) is 4.70. The van der Waals surface area contributed by atoms with Crippen molar-refractivity contribution in [2.75, 3.05) is 13.7 Å². The van der Waals surface area contributed by atoms with Gasteiger partial charge >= 0.3 is 11.9 Å². The van der Waals surface area contributed by atoms with Gasteiger partial charge in [-0.3, -0.25) is 4.79 Å². The predicted octanol–water partition coefficient (Wildman–Crippen LogP) is 2.65. The molecule has 30 heavy (non-hydrogen) atoms. The molecule has 2 aromatic carbocycles. The summed E-state index contributed by atoms with van der Waals surface area (Å²) in [5.41, 5.74) is -1.98. The molecule has 6 nitrogen and oxygen atoms in total. The number of esters is 2. The Labute approximate surface area is 164 Å². The number of halogens is 6. The normalized spacial score (nSPS) is 11.6. The number of hydrogen-bond donors (Lipinski definition) is 1. The van der Waals surface area contributed by atoms with Gasteiger partial charge in [-0.05, 0) is 24.3 Å². The molecule has 0 aliphatic rings. The quantitative estimate of drug-likeness (QED) is 0.429. The molecule has 0 aliphatic carbocycles. The fraction of sp³-hybridized carbons (Fsp3) is 0.167. The van der Waals surface area contributed by atoms with E-state index in [0.717, 1.165) is 7.11 Å². The second kappa shape index (κ2) is 9.29. The number of ether oxygens (including phenoxy) is 2. The average Bonchev–Trinajstić information content (AvgIpc) is 2.72. The van der Waals surface area contributed by atoms with Crippen LogP contribution >= 0.6 is 0 Å². The van der Waals surface area contributed by atoms with Crippen LogP contribution in [0.25, 0.3) is 0 Å². The van der Waals surface area contributed by atoms with Crippen LogP contribution in [0.2, 0.25) is 0 Å². The molecule has 0 aromatic heterocycles. The molecular weight excluding hydrogens is 424 g/mol. The van der Waals surface area contributed by atoms with Gasteiger partial charge < -0.3 is 14.8 Å². The molecule has 0 spiro atoms. The van der Waals surface area contributed by atoms with Gasteiger partial charge in [0, 0.05) is 0 Å². The van der Waals surface area contributed by atoms with Crippen molar-refractivity contribution >= 4 is 17.8 Å². The molecule has 1 amide bonds. The summed E-state index contributed by atoms with van der Waals surface area (Å²) >= 11 is 0. The first kappa shape index (κ1) is 22.7. The Morgan fingerprint density at radius 1 is 0.833 bits per heavy atom. The highest BCUT2D eigenvalue weighted by Crippen LogP contribution is 2.17. The zero-order valence-electron chi connectivity index (χ0n) is 14.9. The van der Waals surface area contributed by atoms with Crippen molar-refractivity contribution < 1.29 is 50.2 Å². The number of benzene rings is 2. The van der Waals surface area contributed by atoms with E-state index in [1.54, 1.807) is 0 Å². The molecule has 0 fully saturated rings. The number of carbonyl (C=O) groups excluding carboxylic acids is 3. The van der Waals surface area contributed by atoms with E-state index in [1.165, 1.54) is 0 Å². The topological polar surface area (TPSA) is 81.7 Å². The maximum Gasteiger partial charge on any atom is 0.341 e. The van der Waals surface area contributed by atoms with Gasteiger partial charge in [-0.1, -0.05) is 0 Å². The van der Waals surface area contributed by atoms with E-state index in [1.807, 2.05) is 5.32 Å². The molecule has 0 saturated carbocycles. The maximum atomic E-state index is 13.7. The molecule has 2 rings (SSSR count). The highest BCUT2D eigenvalue weighted by atomic mass is 19.2. The molecule has 2 aromatic rings. The predicted molar refractivity (Wildman–Crippen MR) is 86.2 cm³/mol. The van der Waals surface area contributed by atoms with E-state index in [4.69, 9.17) is 0 Å². The van der Waals surface area contributed by atoms with Crippen LogP contribution < -0.4 is 5.32 Å². The van der Waals surface area contributed by atoms with E-state index < -0.39 is 76.5 Å². The lowest BCUT2D eigenvalue weighted by Crippen LogP contribution is -2.45. The summed E-state index contributed by atoms with van der Waals surface area (Å²) in [7, 11) is 0.885. The summed E-state index contributed by atoms with van der Waals surface area (Å²) in [5.74, 6) is -14.8. The molecule has 0 aliphatic heterocycles. The van der Waals surface area contributed by atoms with E-state index in [2.05, 4.69) is 9.47 Å². The summed E-state index contributed by atoms with van der Waals surface area (Å²) in [6.45, 7) is -0.999. The van der Waals surface area contributed by atoms with Crippen molar-refractivity contribution in [2.24, 2.45) is 0 Å².